The summed E-state index contributed by atoms with van der Waals surface area (Å²) in [7, 11) is 2.09. The standard InChI is InChI=1S/C20H24N4O.2C2HF3O2/c1-22-14-19(25)24(18-8-5-10-21-12-18)16-20(22)9-11-23(15-20)13-17-6-3-2-4-7-17;2*3-2(4,5)1(6)7/h2-8,10,12H,9,11,13-16H2,1H3;2*(H,6,7). The second kappa shape index (κ2) is 12.9. The van der Waals surface area contributed by atoms with E-state index in [9.17, 15) is 31.1 Å². The summed E-state index contributed by atoms with van der Waals surface area (Å²) in [6, 6.07) is 14.5. The van der Waals surface area contributed by atoms with Gasteiger partial charge in [-0.25, -0.2) is 9.59 Å². The van der Waals surface area contributed by atoms with Crippen molar-refractivity contribution in [1.29, 1.82) is 0 Å². The molecule has 4 rings (SSSR count). The van der Waals surface area contributed by atoms with Gasteiger partial charge in [0.1, 0.15) is 0 Å². The number of anilines is 1. The van der Waals surface area contributed by atoms with Gasteiger partial charge in [0.2, 0.25) is 5.91 Å². The lowest BCUT2D eigenvalue weighted by Crippen LogP contribution is -2.64. The monoisotopic (exact) mass is 564 g/mol. The Labute approximate surface area is 219 Å². The molecule has 0 aliphatic carbocycles. The molecule has 1 amide bonds. The average molecular weight is 564 g/mol. The first-order valence-corrected chi connectivity index (χ1v) is 11.3. The Morgan fingerprint density at radius 2 is 1.51 bits per heavy atom. The number of benzene rings is 1. The van der Waals surface area contributed by atoms with Crippen molar-refractivity contribution < 1.29 is 50.9 Å². The summed E-state index contributed by atoms with van der Waals surface area (Å²) in [5, 5.41) is 14.2. The molecule has 214 valence electrons. The van der Waals surface area contributed by atoms with E-state index in [1.54, 1.807) is 12.4 Å². The van der Waals surface area contributed by atoms with E-state index < -0.39 is 24.3 Å². The van der Waals surface area contributed by atoms with Gasteiger partial charge in [0, 0.05) is 32.4 Å². The van der Waals surface area contributed by atoms with Crippen molar-refractivity contribution in [3.05, 3.63) is 60.4 Å². The Balaban J connectivity index is 0.000000317. The van der Waals surface area contributed by atoms with Crippen LogP contribution in [0.4, 0.5) is 32.0 Å². The molecule has 1 atom stereocenters. The van der Waals surface area contributed by atoms with Crippen molar-refractivity contribution in [2.75, 3.05) is 38.1 Å². The van der Waals surface area contributed by atoms with Crippen LogP contribution < -0.4 is 4.90 Å². The lowest BCUT2D eigenvalue weighted by atomic mass is 9.92. The minimum Gasteiger partial charge on any atom is -0.475 e. The Morgan fingerprint density at radius 1 is 0.949 bits per heavy atom. The van der Waals surface area contributed by atoms with Gasteiger partial charge in [0.05, 0.1) is 24.0 Å². The number of carbonyl (C=O) groups excluding carboxylic acids is 1. The zero-order valence-electron chi connectivity index (χ0n) is 20.6. The maximum Gasteiger partial charge on any atom is 0.490 e. The van der Waals surface area contributed by atoms with E-state index in [0.717, 1.165) is 38.3 Å². The minimum atomic E-state index is -5.08. The predicted octanol–water partition coefficient (Wildman–Crippen LogP) is 3.27. The molecule has 2 saturated heterocycles. The third-order valence-corrected chi connectivity index (χ3v) is 6.04. The van der Waals surface area contributed by atoms with Crippen LogP contribution in [0.3, 0.4) is 0 Å². The minimum absolute atomic E-state index is 0.0263. The van der Waals surface area contributed by atoms with Crippen molar-refractivity contribution in [2.45, 2.75) is 30.9 Å². The lowest BCUT2D eigenvalue weighted by Gasteiger charge is -2.46. The van der Waals surface area contributed by atoms with E-state index in [4.69, 9.17) is 19.8 Å². The number of aromatic nitrogens is 1. The van der Waals surface area contributed by atoms with Crippen LogP contribution in [-0.2, 0) is 20.9 Å². The molecule has 2 fully saturated rings. The second-order valence-corrected chi connectivity index (χ2v) is 8.82. The highest BCUT2D eigenvalue weighted by Crippen LogP contribution is 2.33. The summed E-state index contributed by atoms with van der Waals surface area (Å²) in [5.41, 5.74) is 2.28. The third-order valence-electron chi connectivity index (χ3n) is 6.04. The third kappa shape index (κ3) is 9.21. The number of rotatable bonds is 3. The van der Waals surface area contributed by atoms with Crippen LogP contribution in [0.15, 0.2) is 54.9 Å². The van der Waals surface area contributed by atoms with Gasteiger partial charge in [0.25, 0.3) is 0 Å². The molecular weight excluding hydrogens is 538 g/mol. The largest absolute Gasteiger partial charge is 0.490 e. The Kier molecular flexibility index (Phi) is 10.4. The molecule has 0 radical (unpaired) electrons. The molecular formula is C24H26F6N4O5. The molecule has 2 aliphatic heterocycles. The van der Waals surface area contributed by atoms with Gasteiger partial charge in [0.15, 0.2) is 0 Å². The molecule has 1 spiro atoms. The first kappa shape index (κ1) is 31.5. The van der Waals surface area contributed by atoms with Crippen LogP contribution in [0.5, 0.6) is 0 Å². The highest BCUT2D eigenvalue weighted by molar-refractivity contribution is 5.95. The van der Waals surface area contributed by atoms with Crippen molar-refractivity contribution in [1.82, 2.24) is 14.8 Å². The first-order chi connectivity index (χ1) is 18.0. The lowest BCUT2D eigenvalue weighted by molar-refractivity contribution is -0.193. The van der Waals surface area contributed by atoms with Crippen molar-refractivity contribution >= 4 is 23.5 Å². The number of hydrogen-bond donors (Lipinski definition) is 2. The SMILES string of the molecule is CN1CC(=O)N(c2cccnc2)CC12CCN(Cc1ccccc1)C2.O=C(O)C(F)(F)F.O=C(O)C(F)(F)F. The van der Waals surface area contributed by atoms with Gasteiger partial charge in [-0.05, 0) is 31.2 Å². The number of likely N-dealkylation sites (N-methyl/N-ethyl adjacent to an activating group) is 1. The quantitative estimate of drug-likeness (QED) is 0.547. The molecule has 1 aromatic carbocycles. The fraction of sp³-hybridized carbons (Fsp3) is 0.417. The van der Waals surface area contributed by atoms with Crippen LogP contribution in [-0.4, -0.2) is 94.0 Å². The van der Waals surface area contributed by atoms with Gasteiger partial charge >= 0.3 is 24.3 Å². The van der Waals surface area contributed by atoms with Crippen LogP contribution in [0, 0.1) is 0 Å². The van der Waals surface area contributed by atoms with Crippen LogP contribution in [0.2, 0.25) is 0 Å². The number of piperazine rings is 1. The van der Waals surface area contributed by atoms with Gasteiger partial charge in [-0.1, -0.05) is 30.3 Å². The maximum atomic E-state index is 12.6. The number of amides is 1. The van der Waals surface area contributed by atoms with E-state index in [1.165, 1.54) is 5.56 Å². The van der Waals surface area contributed by atoms with Gasteiger partial charge in [-0.2, -0.15) is 26.3 Å². The Bertz CT molecular complexity index is 1090. The van der Waals surface area contributed by atoms with Gasteiger partial charge < -0.3 is 15.1 Å². The highest BCUT2D eigenvalue weighted by Gasteiger charge is 2.47. The summed E-state index contributed by atoms with van der Waals surface area (Å²) in [5.74, 6) is -5.36. The van der Waals surface area contributed by atoms with Crippen LogP contribution in [0.1, 0.15) is 12.0 Å². The summed E-state index contributed by atoms with van der Waals surface area (Å²) in [6.07, 6.45) is -5.55. The molecule has 3 heterocycles. The topological polar surface area (TPSA) is 114 Å². The number of hydrogen-bond acceptors (Lipinski definition) is 6. The maximum absolute atomic E-state index is 12.6. The summed E-state index contributed by atoms with van der Waals surface area (Å²) in [6.45, 7) is 4.22. The Morgan fingerprint density at radius 3 is 2.00 bits per heavy atom. The van der Waals surface area contributed by atoms with E-state index in [0.29, 0.717) is 6.54 Å². The summed E-state index contributed by atoms with van der Waals surface area (Å²) < 4.78 is 63.5. The number of pyridine rings is 1. The number of carbonyl (C=O) groups is 3. The molecule has 39 heavy (non-hydrogen) atoms. The number of carboxylic acids is 2. The van der Waals surface area contributed by atoms with Crippen molar-refractivity contribution in [3.8, 4) is 0 Å². The fourth-order valence-corrected chi connectivity index (χ4v) is 4.07. The fourth-order valence-electron chi connectivity index (χ4n) is 4.07. The summed E-state index contributed by atoms with van der Waals surface area (Å²) in [4.78, 5) is 41.2. The van der Waals surface area contributed by atoms with Crippen LogP contribution in [0.25, 0.3) is 0 Å². The predicted molar refractivity (Wildman–Crippen MR) is 126 cm³/mol. The number of alkyl halides is 6. The smallest absolute Gasteiger partial charge is 0.475 e. The van der Waals surface area contributed by atoms with Gasteiger partial charge in [-0.3, -0.25) is 19.6 Å². The summed E-state index contributed by atoms with van der Waals surface area (Å²) >= 11 is 0. The van der Waals surface area contributed by atoms with E-state index >= 15 is 0 Å². The number of halogens is 6. The Hall–Kier alpha value is -3.72. The molecule has 0 bridgehead atoms. The molecule has 9 nitrogen and oxygen atoms in total. The van der Waals surface area contributed by atoms with E-state index in [-0.39, 0.29) is 11.4 Å². The molecule has 2 N–H and O–H groups in total. The highest BCUT2D eigenvalue weighted by atomic mass is 19.4. The average Bonchev–Trinajstić information content (AvgIpc) is 3.26. The zero-order valence-corrected chi connectivity index (χ0v) is 20.6. The number of carboxylic acid groups (broad SMARTS) is 2. The van der Waals surface area contributed by atoms with E-state index in [2.05, 4.69) is 52.2 Å². The molecule has 2 aliphatic rings. The molecule has 0 saturated carbocycles. The van der Waals surface area contributed by atoms with Crippen molar-refractivity contribution in [2.24, 2.45) is 0 Å². The van der Waals surface area contributed by atoms with Crippen molar-refractivity contribution in [3.63, 3.8) is 0 Å². The second-order valence-electron chi connectivity index (χ2n) is 8.82. The zero-order chi connectivity index (χ0) is 29.4. The number of likely N-dealkylation sites (tertiary alicyclic amines) is 1. The molecule has 1 aromatic heterocycles. The number of nitrogens with zero attached hydrogens (tertiary/aromatic N) is 4. The normalized spacial score (nSPS) is 20.1. The van der Waals surface area contributed by atoms with E-state index in [1.807, 2.05) is 17.0 Å². The molecule has 2 aromatic rings. The molecule has 1 unspecified atom stereocenters. The molecule has 15 heteroatoms. The van der Waals surface area contributed by atoms with Crippen LogP contribution >= 0.6 is 0 Å². The van der Waals surface area contributed by atoms with Gasteiger partial charge in [-0.15, -0.1) is 0 Å². The first-order valence-electron chi connectivity index (χ1n) is 11.3. The number of aliphatic carboxylic acids is 2.